The van der Waals surface area contributed by atoms with Gasteiger partial charge in [0.2, 0.25) is 0 Å². The molecule has 0 bridgehead atoms. The summed E-state index contributed by atoms with van der Waals surface area (Å²) in [5, 5.41) is 7.75. The van der Waals surface area contributed by atoms with Crippen LogP contribution < -0.4 is 11.5 Å². The maximum atomic E-state index is 12.1. The topological polar surface area (TPSA) is 72.3 Å². The smallest absolute Gasteiger partial charge is 0.395 e. The van der Waals surface area contributed by atoms with Crippen molar-refractivity contribution in [2.45, 2.75) is 12.7 Å². The molecule has 0 spiro atoms. The highest BCUT2D eigenvalue weighted by molar-refractivity contribution is 5.25. The van der Waals surface area contributed by atoms with E-state index in [1.165, 1.54) is 6.07 Å². The first kappa shape index (κ1) is 14.9. The van der Waals surface area contributed by atoms with Gasteiger partial charge in [-0.2, -0.15) is 13.2 Å². The lowest BCUT2D eigenvalue weighted by atomic mass is 10.1. The Morgan fingerprint density at radius 3 is 2.12 bits per heavy atom. The van der Waals surface area contributed by atoms with Crippen LogP contribution in [-0.2, 0) is 12.7 Å². The predicted octanol–water partition coefficient (Wildman–Crippen LogP) is 1.10. The van der Waals surface area contributed by atoms with Crippen molar-refractivity contribution in [3.05, 3.63) is 35.4 Å². The van der Waals surface area contributed by atoms with Crippen molar-refractivity contribution in [3.8, 4) is 0 Å². The third-order valence-electron chi connectivity index (χ3n) is 1.62. The average molecular weight is 236 g/mol. The molecule has 92 valence electrons. The number of hydrogen-bond donors (Lipinski definition) is 3. The van der Waals surface area contributed by atoms with E-state index in [4.69, 9.17) is 16.6 Å². The molecule has 0 aromatic heterocycles. The molecule has 0 atom stereocenters. The molecule has 5 N–H and O–H groups in total. The van der Waals surface area contributed by atoms with Crippen LogP contribution in [-0.4, -0.2) is 18.3 Å². The molecule has 0 saturated heterocycles. The summed E-state index contributed by atoms with van der Waals surface area (Å²) in [4.78, 5) is 0. The van der Waals surface area contributed by atoms with Crippen LogP contribution in [0.1, 0.15) is 11.1 Å². The summed E-state index contributed by atoms with van der Waals surface area (Å²) >= 11 is 0. The second-order valence-corrected chi connectivity index (χ2v) is 2.91. The molecule has 0 amide bonds. The minimum Gasteiger partial charge on any atom is -0.395 e. The van der Waals surface area contributed by atoms with E-state index in [2.05, 4.69) is 0 Å². The standard InChI is InChI=1S/C8H8F3N.C2H7NO/c9-8(10,11)7-3-1-2-6(4-7)5-12;3-1-2-4/h1-4H,5,12H2;4H,1-3H2. The zero-order valence-corrected chi connectivity index (χ0v) is 8.67. The lowest BCUT2D eigenvalue weighted by Gasteiger charge is -2.06. The molecule has 0 heterocycles. The molecule has 0 aliphatic heterocycles. The summed E-state index contributed by atoms with van der Waals surface area (Å²) in [6.07, 6.45) is -4.27. The van der Waals surface area contributed by atoms with Gasteiger partial charge in [0.15, 0.2) is 0 Å². The molecule has 1 rings (SSSR count). The van der Waals surface area contributed by atoms with Crippen molar-refractivity contribution in [2.24, 2.45) is 11.5 Å². The molecule has 0 saturated carbocycles. The highest BCUT2D eigenvalue weighted by Crippen LogP contribution is 2.29. The van der Waals surface area contributed by atoms with E-state index in [9.17, 15) is 13.2 Å². The van der Waals surface area contributed by atoms with Gasteiger partial charge >= 0.3 is 6.18 Å². The molecule has 0 radical (unpaired) electrons. The van der Waals surface area contributed by atoms with E-state index in [1.807, 2.05) is 0 Å². The largest absolute Gasteiger partial charge is 0.416 e. The van der Waals surface area contributed by atoms with Crippen LogP contribution in [0.5, 0.6) is 0 Å². The second-order valence-electron chi connectivity index (χ2n) is 2.91. The molecule has 0 unspecified atom stereocenters. The maximum absolute atomic E-state index is 12.1. The van der Waals surface area contributed by atoms with Gasteiger partial charge in [-0.3, -0.25) is 0 Å². The molecule has 16 heavy (non-hydrogen) atoms. The Balaban J connectivity index is 0.000000487. The summed E-state index contributed by atoms with van der Waals surface area (Å²) in [6, 6.07) is 5.00. The molecule has 0 fully saturated rings. The van der Waals surface area contributed by atoms with Crippen molar-refractivity contribution >= 4 is 0 Å². The Labute approximate surface area is 91.9 Å². The van der Waals surface area contributed by atoms with Gasteiger partial charge in [0, 0.05) is 13.1 Å². The second kappa shape index (κ2) is 7.21. The van der Waals surface area contributed by atoms with Crippen LogP contribution in [0, 0.1) is 0 Å². The summed E-state index contributed by atoms with van der Waals surface area (Å²) in [7, 11) is 0. The van der Waals surface area contributed by atoms with Crippen LogP contribution in [0.4, 0.5) is 13.2 Å². The van der Waals surface area contributed by atoms with E-state index in [0.717, 1.165) is 12.1 Å². The number of aliphatic hydroxyl groups is 1. The maximum Gasteiger partial charge on any atom is 0.416 e. The van der Waals surface area contributed by atoms with Gasteiger partial charge in [-0.15, -0.1) is 0 Å². The molecular formula is C10H15F3N2O. The monoisotopic (exact) mass is 236 g/mol. The van der Waals surface area contributed by atoms with Gasteiger partial charge in [0.05, 0.1) is 12.2 Å². The molecular weight excluding hydrogens is 221 g/mol. The SMILES string of the molecule is NCCO.NCc1cccc(C(F)(F)F)c1. The average Bonchev–Trinajstić information content (AvgIpc) is 2.28. The Morgan fingerprint density at radius 2 is 1.75 bits per heavy atom. The summed E-state index contributed by atoms with van der Waals surface area (Å²) in [5.74, 6) is 0. The van der Waals surface area contributed by atoms with Crippen LogP contribution in [0.15, 0.2) is 24.3 Å². The Morgan fingerprint density at radius 1 is 1.19 bits per heavy atom. The summed E-state index contributed by atoms with van der Waals surface area (Å²) in [5.41, 5.74) is 9.82. The Kier molecular flexibility index (Phi) is 6.71. The predicted molar refractivity (Wildman–Crippen MR) is 55.5 cm³/mol. The fourth-order valence-electron chi connectivity index (χ4n) is 0.875. The van der Waals surface area contributed by atoms with Crippen LogP contribution in [0.2, 0.25) is 0 Å². The zero-order valence-electron chi connectivity index (χ0n) is 8.67. The molecule has 0 aliphatic rings. The summed E-state index contributed by atoms with van der Waals surface area (Å²) < 4.78 is 36.2. The lowest BCUT2D eigenvalue weighted by molar-refractivity contribution is -0.137. The highest BCUT2D eigenvalue weighted by atomic mass is 19.4. The Bertz CT molecular complexity index is 300. The molecule has 0 aliphatic carbocycles. The van der Waals surface area contributed by atoms with Crippen LogP contribution >= 0.6 is 0 Å². The van der Waals surface area contributed by atoms with Gasteiger partial charge in [0.25, 0.3) is 0 Å². The quantitative estimate of drug-likeness (QED) is 0.720. The van der Waals surface area contributed by atoms with Gasteiger partial charge in [-0.05, 0) is 11.6 Å². The van der Waals surface area contributed by atoms with E-state index < -0.39 is 11.7 Å². The van der Waals surface area contributed by atoms with Gasteiger partial charge in [0.1, 0.15) is 0 Å². The Hall–Kier alpha value is -1.11. The number of alkyl halides is 3. The van der Waals surface area contributed by atoms with Gasteiger partial charge < -0.3 is 16.6 Å². The van der Waals surface area contributed by atoms with Gasteiger partial charge in [-0.25, -0.2) is 0 Å². The summed E-state index contributed by atoms with van der Waals surface area (Å²) in [6.45, 7) is 0.601. The number of hydrogen-bond acceptors (Lipinski definition) is 3. The van der Waals surface area contributed by atoms with Gasteiger partial charge in [-0.1, -0.05) is 18.2 Å². The number of benzene rings is 1. The number of halogens is 3. The van der Waals surface area contributed by atoms with Crippen molar-refractivity contribution in [2.75, 3.05) is 13.2 Å². The van der Waals surface area contributed by atoms with Crippen molar-refractivity contribution in [3.63, 3.8) is 0 Å². The molecule has 1 aromatic rings. The zero-order chi connectivity index (χ0) is 12.6. The first-order valence-electron chi connectivity index (χ1n) is 4.62. The minimum atomic E-state index is -4.27. The van der Waals surface area contributed by atoms with E-state index in [1.54, 1.807) is 6.07 Å². The molecule has 6 heteroatoms. The fraction of sp³-hybridized carbons (Fsp3) is 0.400. The van der Waals surface area contributed by atoms with E-state index in [-0.39, 0.29) is 13.2 Å². The highest BCUT2D eigenvalue weighted by Gasteiger charge is 2.30. The van der Waals surface area contributed by atoms with E-state index in [0.29, 0.717) is 12.1 Å². The first-order valence-corrected chi connectivity index (χ1v) is 4.62. The third kappa shape index (κ3) is 5.69. The first-order chi connectivity index (χ1) is 7.45. The van der Waals surface area contributed by atoms with Crippen molar-refractivity contribution < 1.29 is 18.3 Å². The van der Waals surface area contributed by atoms with Crippen molar-refractivity contribution in [1.82, 2.24) is 0 Å². The van der Waals surface area contributed by atoms with Crippen LogP contribution in [0.3, 0.4) is 0 Å². The number of rotatable bonds is 2. The fourth-order valence-corrected chi connectivity index (χ4v) is 0.875. The normalized spacial score (nSPS) is 10.6. The number of aliphatic hydroxyl groups excluding tert-OH is 1. The van der Waals surface area contributed by atoms with Crippen LogP contribution in [0.25, 0.3) is 0 Å². The van der Waals surface area contributed by atoms with E-state index >= 15 is 0 Å². The third-order valence-corrected chi connectivity index (χ3v) is 1.62. The molecule has 3 nitrogen and oxygen atoms in total. The minimum absolute atomic E-state index is 0.0972. The number of nitrogens with two attached hydrogens (primary N) is 2. The molecule has 1 aromatic carbocycles. The lowest BCUT2D eigenvalue weighted by Crippen LogP contribution is -2.06. The van der Waals surface area contributed by atoms with Crippen molar-refractivity contribution in [1.29, 1.82) is 0 Å².